The van der Waals surface area contributed by atoms with Crippen LogP contribution in [-0.2, 0) is 11.0 Å². The van der Waals surface area contributed by atoms with Crippen LogP contribution in [0.4, 0.5) is 0 Å². The molecule has 3 N–H and O–H groups in total. The van der Waals surface area contributed by atoms with Gasteiger partial charge in [-0.1, -0.05) is 49.4 Å². The van der Waals surface area contributed by atoms with Gasteiger partial charge in [0.25, 0.3) is 0 Å². The lowest BCUT2D eigenvalue weighted by Crippen LogP contribution is -2.61. The molecule has 0 spiro atoms. The highest BCUT2D eigenvalue weighted by Crippen LogP contribution is 2.60. The number of rotatable bonds is 2. The maximum Gasteiger partial charge on any atom is 0.119 e. The minimum absolute atomic E-state index is 0.116. The van der Waals surface area contributed by atoms with E-state index in [0.29, 0.717) is 12.8 Å². The van der Waals surface area contributed by atoms with Crippen molar-refractivity contribution in [2.75, 3.05) is 0 Å². The first-order valence-corrected chi connectivity index (χ1v) is 9.76. The summed E-state index contributed by atoms with van der Waals surface area (Å²) >= 11 is 0. The van der Waals surface area contributed by atoms with Crippen molar-refractivity contribution in [2.45, 2.75) is 56.7 Å². The number of hydrogen-bond acceptors (Lipinski definition) is 3. The molecule has 3 nitrogen and oxygen atoms in total. The van der Waals surface area contributed by atoms with E-state index in [1.807, 2.05) is 42.5 Å². The lowest BCUT2D eigenvalue weighted by Gasteiger charge is -2.58. The minimum atomic E-state index is -1.30. The number of aromatic hydroxyl groups is 1. The van der Waals surface area contributed by atoms with Gasteiger partial charge in [-0.15, -0.1) is 0 Å². The summed E-state index contributed by atoms with van der Waals surface area (Å²) in [6.07, 6.45) is 4.03. The van der Waals surface area contributed by atoms with E-state index in [0.717, 1.165) is 23.1 Å². The highest BCUT2D eigenvalue weighted by molar-refractivity contribution is 5.72. The van der Waals surface area contributed by atoms with Crippen LogP contribution in [-0.4, -0.2) is 20.9 Å². The van der Waals surface area contributed by atoms with Crippen molar-refractivity contribution >= 4 is 5.57 Å². The predicted molar refractivity (Wildman–Crippen MR) is 107 cm³/mol. The SMILES string of the molecule is CC[C@@]12C[C@@](C)(O)[C@](O)(c3ccccc3)C[C@H]1C=C(C)c1cc(O)ccc12. The summed E-state index contributed by atoms with van der Waals surface area (Å²) in [6.45, 7) is 5.98. The molecule has 0 aliphatic heterocycles. The quantitative estimate of drug-likeness (QED) is 0.735. The molecule has 0 unspecified atom stereocenters. The molecule has 1 fully saturated rings. The van der Waals surface area contributed by atoms with E-state index in [2.05, 4.69) is 19.9 Å². The fourth-order valence-corrected chi connectivity index (χ4v) is 5.54. The highest BCUT2D eigenvalue weighted by atomic mass is 16.4. The third-order valence-electron chi connectivity index (χ3n) is 7.07. The molecule has 3 heteroatoms. The molecule has 0 saturated heterocycles. The van der Waals surface area contributed by atoms with E-state index in [-0.39, 0.29) is 17.1 Å². The Morgan fingerprint density at radius 3 is 2.44 bits per heavy atom. The van der Waals surface area contributed by atoms with Gasteiger partial charge in [0.1, 0.15) is 11.4 Å². The molecule has 2 aliphatic carbocycles. The molecule has 0 amide bonds. The van der Waals surface area contributed by atoms with E-state index >= 15 is 0 Å². The molecule has 2 aliphatic rings. The molecule has 2 aromatic carbocycles. The molecule has 0 radical (unpaired) electrons. The number of aliphatic hydroxyl groups is 2. The van der Waals surface area contributed by atoms with Gasteiger partial charge in [0, 0.05) is 5.41 Å². The van der Waals surface area contributed by atoms with Crippen LogP contribution in [0.25, 0.3) is 5.57 Å². The molecule has 0 heterocycles. The molecule has 1 saturated carbocycles. The van der Waals surface area contributed by atoms with Crippen LogP contribution in [0.3, 0.4) is 0 Å². The third-order valence-corrected chi connectivity index (χ3v) is 7.07. The van der Waals surface area contributed by atoms with E-state index in [9.17, 15) is 15.3 Å². The first kappa shape index (κ1) is 18.3. The molecule has 4 atom stereocenters. The predicted octanol–water partition coefficient (Wildman–Crippen LogP) is 4.51. The van der Waals surface area contributed by atoms with Crippen LogP contribution in [0.2, 0.25) is 0 Å². The summed E-state index contributed by atoms with van der Waals surface area (Å²) in [7, 11) is 0. The van der Waals surface area contributed by atoms with Gasteiger partial charge in [-0.05, 0) is 73.4 Å². The Hall–Kier alpha value is -2.10. The summed E-state index contributed by atoms with van der Waals surface area (Å²) < 4.78 is 0. The summed E-state index contributed by atoms with van der Waals surface area (Å²) in [6, 6.07) is 15.1. The molecular weight excluding hydrogens is 336 g/mol. The van der Waals surface area contributed by atoms with Crippen molar-refractivity contribution in [3.05, 3.63) is 71.3 Å². The molecular formula is C24H28O3. The zero-order valence-corrected chi connectivity index (χ0v) is 16.2. The van der Waals surface area contributed by atoms with Gasteiger partial charge in [-0.3, -0.25) is 0 Å². The Bertz CT molecular complexity index is 899. The van der Waals surface area contributed by atoms with E-state index in [4.69, 9.17) is 0 Å². The zero-order chi connectivity index (χ0) is 19.4. The topological polar surface area (TPSA) is 60.7 Å². The highest BCUT2D eigenvalue weighted by Gasteiger charge is 2.60. The number of phenols is 1. The van der Waals surface area contributed by atoms with Crippen molar-refractivity contribution in [3.8, 4) is 5.75 Å². The summed E-state index contributed by atoms with van der Waals surface area (Å²) in [4.78, 5) is 0. The fraction of sp³-hybridized carbons (Fsp3) is 0.417. The monoisotopic (exact) mass is 364 g/mol. The average molecular weight is 364 g/mol. The Balaban J connectivity index is 1.89. The van der Waals surface area contributed by atoms with Crippen LogP contribution < -0.4 is 0 Å². The van der Waals surface area contributed by atoms with Gasteiger partial charge in [0.2, 0.25) is 0 Å². The second-order valence-electron chi connectivity index (χ2n) is 8.58. The Morgan fingerprint density at radius 1 is 1.07 bits per heavy atom. The molecule has 4 rings (SSSR count). The Labute approximate surface area is 161 Å². The lowest BCUT2D eigenvalue weighted by atomic mass is 9.49. The van der Waals surface area contributed by atoms with Gasteiger partial charge >= 0.3 is 0 Å². The minimum Gasteiger partial charge on any atom is -0.508 e. The first-order chi connectivity index (χ1) is 12.7. The molecule has 142 valence electrons. The zero-order valence-electron chi connectivity index (χ0n) is 16.2. The third kappa shape index (κ3) is 2.49. The maximum atomic E-state index is 11.7. The number of allylic oxidation sites excluding steroid dienone is 2. The van der Waals surface area contributed by atoms with Crippen LogP contribution in [0.5, 0.6) is 5.75 Å². The number of phenolic OH excluding ortho intramolecular Hbond substituents is 1. The van der Waals surface area contributed by atoms with Crippen LogP contribution in [0, 0.1) is 5.92 Å². The van der Waals surface area contributed by atoms with Gasteiger partial charge in [0.05, 0.1) is 5.60 Å². The van der Waals surface area contributed by atoms with Crippen LogP contribution in [0.15, 0.2) is 54.6 Å². The van der Waals surface area contributed by atoms with Gasteiger partial charge < -0.3 is 15.3 Å². The Kier molecular flexibility index (Phi) is 4.03. The average Bonchev–Trinajstić information content (AvgIpc) is 2.64. The normalized spacial score (nSPS) is 35.1. The van der Waals surface area contributed by atoms with Gasteiger partial charge in [0.15, 0.2) is 0 Å². The largest absolute Gasteiger partial charge is 0.508 e. The molecule has 2 aromatic rings. The molecule has 0 bridgehead atoms. The van der Waals surface area contributed by atoms with Crippen molar-refractivity contribution in [1.82, 2.24) is 0 Å². The Morgan fingerprint density at radius 2 is 1.78 bits per heavy atom. The van der Waals surface area contributed by atoms with E-state index in [1.54, 1.807) is 13.0 Å². The lowest BCUT2D eigenvalue weighted by molar-refractivity contribution is -0.198. The van der Waals surface area contributed by atoms with Gasteiger partial charge in [-0.25, -0.2) is 0 Å². The van der Waals surface area contributed by atoms with Crippen molar-refractivity contribution < 1.29 is 15.3 Å². The maximum absolute atomic E-state index is 11.7. The second kappa shape index (κ2) is 5.95. The first-order valence-electron chi connectivity index (χ1n) is 9.76. The standard InChI is InChI=1S/C24H28O3/c1-4-23-15-22(3,26)24(27,17-8-6-5-7-9-17)14-18(23)12-16(2)20-13-19(25)10-11-21(20)23/h5-13,18,25-27H,4,14-15H2,1-3H3/t18-,22-,23-,24-/m1/s1. The van der Waals surface area contributed by atoms with E-state index in [1.165, 1.54) is 5.56 Å². The number of hydrogen-bond donors (Lipinski definition) is 3. The molecule has 0 aromatic heterocycles. The van der Waals surface area contributed by atoms with Crippen molar-refractivity contribution in [2.24, 2.45) is 5.92 Å². The van der Waals surface area contributed by atoms with Gasteiger partial charge in [-0.2, -0.15) is 0 Å². The number of fused-ring (bicyclic) bond motifs is 3. The van der Waals surface area contributed by atoms with Crippen LogP contribution >= 0.6 is 0 Å². The van der Waals surface area contributed by atoms with E-state index < -0.39 is 11.2 Å². The summed E-state index contributed by atoms with van der Waals surface area (Å²) in [5.41, 5.74) is 1.27. The van der Waals surface area contributed by atoms with Crippen molar-refractivity contribution in [3.63, 3.8) is 0 Å². The smallest absolute Gasteiger partial charge is 0.119 e. The summed E-state index contributed by atoms with van der Waals surface area (Å²) in [5.74, 6) is 0.375. The van der Waals surface area contributed by atoms with Crippen molar-refractivity contribution in [1.29, 1.82) is 0 Å². The van der Waals surface area contributed by atoms with Crippen LogP contribution in [0.1, 0.15) is 56.7 Å². The fourth-order valence-electron chi connectivity index (χ4n) is 5.54. The second-order valence-corrected chi connectivity index (χ2v) is 8.58. The molecule has 27 heavy (non-hydrogen) atoms. The number of benzene rings is 2. The summed E-state index contributed by atoms with van der Waals surface area (Å²) in [5, 5.41) is 33.2.